The Balaban J connectivity index is 2.26. The molecule has 0 aromatic carbocycles. The Hall–Kier alpha value is -2.00. The van der Waals surface area contributed by atoms with E-state index < -0.39 is 27.6 Å². The van der Waals surface area contributed by atoms with E-state index in [0.717, 1.165) is 17.5 Å². The second-order valence-corrected chi connectivity index (χ2v) is 5.77. The molecule has 9 heteroatoms. The zero-order chi connectivity index (χ0) is 15.2. The number of aromatic nitrogens is 1. The first-order valence-electron chi connectivity index (χ1n) is 5.59. The predicted octanol–water partition coefficient (Wildman–Crippen LogP) is -0.180. The fraction of sp³-hybridized carbons (Fsp3) is 0.364. The van der Waals surface area contributed by atoms with Crippen molar-refractivity contribution in [2.45, 2.75) is 6.42 Å². The average molecular weight is 305 g/mol. The van der Waals surface area contributed by atoms with Crippen molar-refractivity contribution in [2.24, 2.45) is 0 Å². The van der Waals surface area contributed by atoms with E-state index in [1.54, 1.807) is 0 Å². The third kappa shape index (κ3) is 4.94. The second kappa shape index (κ2) is 6.96. The van der Waals surface area contributed by atoms with E-state index in [1.807, 2.05) is 0 Å². The molecule has 1 aromatic rings. The maximum absolute atomic E-state index is 11.4. The van der Waals surface area contributed by atoms with E-state index in [2.05, 4.69) is 11.4 Å². The van der Waals surface area contributed by atoms with Crippen LogP contribution in [0.3, 0.4) is 0 Å². The van der Waals surface area contributed by atoms with Crippen molar-refractivity contribution < 1.29 is 33.0 Å². The summed E-state index contributed by atoms with van der Waals surface area (Å²) in [4.78, 5) is 16.0. The van der Waals surface area contributed by atoms with Gasteiger partial charge in [0, 0.05) is 17.5 Å². The van der Waals surface area contributed by atoms with E-state index in [-0.39, 0.29) is 25.4 Å². The van der Waals surface area contributed by atoms with E-state index in [1.165, 1.54) is 0 Å². The molecule has 0 aliphatic heterocycles. The zero-order valence-electron chi connectivity index (χ0n) is 10.6. The van der Waals surface area contributed by atoms with Gasteiger partial charge in [0.25, 0.3) is 0 Å². The maximum atomic E-state index is 11.4. The molecule has 0 saturated carbocycles. The Morgan fingerprint density at radius 3 is 2.45 bits per heavy atom. The fourth-order valence-corrected chi connectivity index (χ4v) is 1.68. The monoisotopic (exact) mass is 305 g/mol. The topological polar surface area (TPSA) is 115 Å². The summed E-state index contributed by atoms with van der Waals surface area (Å²) in [6.45, 7) is 3.03. The lowest BCUT2D eigenvalue weighted by atomic mass is 10.5. The third-order valence-corrected chi connectivity index (χ3v) is 3.45. The number of ether oxygens (including phenoxy) is 1. The van der Waals surface area contributed by atoms with Crippen LogP contribution in [0.4, 0.5) is 0 Å². The molecular weight excluding hydrogens is 290 g/mol. The molecule has 0 fully saturated rings. The number of sulfone groups is 1. The van der Waals surface area contributed by atoms with Crippen LogP contribution in [-0.4, -0.2) is 48.3 Å². The van der Waals surface area contributed by atoms with Crippen LogP contribution in [0.25, 0.3) is 0 Å². The van der Waals surface area contributed by atoms with E-state index in [0.29, 0.717) is 4.73 Å². The Morgan fingerprint density at radius 1 is 1.30 bits per heavy atom. The first kappa shape index (κ1) is 16.1. The molecule has 0 aliphatic carbocycles. The predicted molar refractivity (Wildman–Crippen MR) is 68.8 cm³/mol. The van der Waals surface area contributed by atoms with Gasteiger partial charge < -0.3 is 19.8 Å². The second-order valence-electron chi connectivity index (χ2n) is 3.70. The van der Waals surface area contributed by atoms with Gasteiger partial charge in [-0.15, -0.1) is 4.73 Å². The largest absolute Gasteiger partial charge is 0.492 e. The van der Waals surface area contributed by atoms with Crippen molar-refractivity contribution in [2.75, 3.05) is 19.0 Å². The van der Waals surface area contributed by atoms with Crippen molar-refractivity contribution in [3.63, 3.8) is 0 Å². The van der Waals surface area contributed by atoms with Gasteiger partial charge in [-0.2, -0.15) is 0 Å². The number of carbonyl (C=O) groups is 1. The summed E-state index contributed by atoms with van der Waals surface area (Å²) >= 11 is 0. The maximum Gasteiger partial charge on any atom is 0.335 e. The zero-order valence-corrected chi connectivity index (χ0v) is 11.4. The minimum absolute atomic E-state index is 0.0473. The molecule has 0 saturated heterocycles. The van der Waals surface area contributed by atoms with E-state index in [4.69, 9.17) is 4.74 Å². The number of hydrogen-bond acceptors (Lipinski definition) is 7. The molecule has 0 bridgehead atoms. The van der Waals surface area contributed by atoms with Crippen LogP contribution in [-0.2, 0) is 19.4 Å². The van der Waals surface area contributed by atoms with Crippen molar-refractivity contribution in [3.8, 4) is 11.8 Å². The molecule has 0 radical (unpaired) electrons. The van der Waals surface area contributed by atoms with Gasteiger partial charge in [-0.3, -0.25) is 0 Å². The molecule has 1 aromatic heterocycles. The lowest BCUT2D eigenvalue weighted by Gasteiger charge is -2.07. The molecule has 1 heterocycles. The highest BCUT2D eigenvalue weighted by atomic mass is 32.2. The van der Waals surface area contributed by atoms with Crippen LogP contribution in [0.15, 0.2) is 24.1 Å². The van der Waals surface area contributed by atoms with Gasteiger partial charge in [0.2, 0.25) is 11.8 Å². The van der Waals surface area contributed by atoms with Gasteiger partial charge in [-0.25, -0.2) is 13.2 Å². The summed E-state index contributed by atoms with van der Waals surface area (Å²) in [5.41, 5.74) is 0. The summed E-state index contributed by atoms with van der Waals surface area (Å²) < 4.78 is 27.6. The lowest BCUT2D eigenvalue weighted by Crippen LogP contribution is -2.21. The summed E-state index contributed by atoms with van der Waals surface area (Å²) in [6, 6.07) is 2.30. The molecule has 8 nitrogen and oxygen atoms in total. The highest BCUT2D eigenvalue weighted by Crippen LogP contribution is 2.18. The minimum atomic E-state index is -3.32. The molecular formula is C11H15NO7S. The molecule has 2 N–H and O–H groups in total. The van der Waals surface area contributed by atoms with Crippen LogP contribution >= 0.6 is 0 Å². The van der Waals surface area contributed by atoms with Crippen molar-refractivity contribution in [1.82, 2.24) is 4.73 Å². The van der Waals surface area contributed by atoms with Crippen molar-refractivity contribution >= 4 is 15.8 Å². The Kier molecular flexibility index (Phi) is 5.59. The summed E-state index contributed by atoms with van der Waals surface area (Å²) in [5, 5.41) is 19.3. The SMILES string of the molecule is C=CS(=O)(=O)CCOCCC(=O)On1c(O)ccc1O. The first-order valence-corrected chi connectivity index (χ1v) is 7.31. The number of aromatic hydroxyl groups is 2. The smallest absolute Gasteiger partial charge is 0.335 e. The Morgan fingerprint density at radius 2 is 1.90 bits per heavy atom. The van der Waals surface area contributed by atoms with Crippen LogP contribution in [0, 0.1) is 0 Å². The summed E-state index contributed by atoms with van der Waals surface area (Å²) in [7, 11) is -3.32. The van der Waals surface area contributed by atoms with Gasteiger partial charge >= 0.3 is 5.97 Å². The fourth-order valence-electron chi connectivity index (χ4n) is 1.16. The quantitative estimate of drug-likeness (QED) is 0.640. The standard InChI is InChI=1S/C11H15NO7S/c1-2-20(16,17)8-7-18-6-5-11(15)19-12-9(13)3-4-10(12)14/h2-4,13-14H,1,5-8H2. The van der Waals surface area contributed by atoms with E-state index in [9.17, 15) is 23.4 Å². The Bertz CT molecular complexity index is 556. The molecule has 20 heavy (non-hydrogen) atoms. The minimum Gasteiger partial charge on any atom is -0.492 e. The molecule has 0 amide bonds. The highest BCUT2D eigenvalue weighted by molar-refractivity contribution is 7.94. The summed E-state index contributed by atoms with van der Waals surface area (Å²) in [5.74, 6) is -1.81. The van der Waals surface area contributed by atoms with Crippen LogP contribution in [0.1, 0.15) is 6.42 Å². The molecule has 1 rings (SSSR count). The van der Waals surface area contributed by atoms with Gasteiger partial charge in [-0.1, -0.05) is 6.58 Å². The Labute approximate surface area is 115 Å². The van der Waals surface area contributed by atoms with Crippen LogP contribution in [0.2, 0.25) is 0 Å². The molecule has 112 valence electrons. The van der Waals surface area contributed by atoms with Gasteiger partial charge in [0.15, 0.2) is 9.84 Å². The first-order chi connectivity index (χ1) is 9.35. The normalized spacial score (nSPS) is 11.2. The molecule has 0 unspecified atom stereocenters. The van der Waals surface area contributed by atoms with Crippen LogP contribution < -0.4 is 4.84 Å². The van der Waals surface area contributed by atoms with E-state index >= 15 is 0 Å². The molecule has 0 spiro atoms. The van der Waals surface area contributed by atoms with Gasteiger partial charge in [-0.05, 0) is 0 Å². The van der Waals surface area contributed by atoms with Crippen molar-refractivity contribution in [3.05, 3.63) is 24.1 Å². The summed E-state index contributed by atoms with van der Waals surface area (Å²) in [6.07, 6.45) is -0.162. The number of nitrogens with zero attached hydrogens (tertiary/aromatic N) is 1. The molecule has 0 atom stereocenters. The third-order valence-electron chi connectivity index (χ3n) is 2.21. The number of hydrogen-bond donors (Lipinski definition) is 2. The van der Waals surface area contributed by atoms with Gasteiger partial charge in [0.1, 0.15) is 0 Å². The number of carbonyl (C=O) groups excluding carboxylic acids is 1. The highest BCUT2D eigenvalue weighted by Gasteiger charge is 2.12. The average Bonchev–Trinajstić information content (AvgIpc) is 2.70. The van der Waals surface area contributed by atoms with Gasteiger partial charge in [0.05, 0.1) is 25.4 Å². The molecule has 0 aliphatic rings. The number of rotatable bonds is 8. The van der Waals surface area contributed by atoms with Crippen LogP contribution in [0.5, 0.6) is 11.8 Å². The van der Waals surface area contributed by atoms with Crippen molar-refractivity contribution in [1.29, 1.82) is 0 Å². The lowest BCUT2D eigenvalue weighted by molar-refractivity contribution is -0.146.